The molecule has 0 aliphatic heterocycles. The van der Waals surface area contributed by atoms with E-state index in [1.807, 2.05) is 0 Å². The van der Waals surface area contributed by atoms with Crippen molar-refractivity contribution < 1.29 is 0 Å². The van der Waals surface area contributed by atoms with Crippen LogP contribution in [0.15, 0.2) is 162 Å². The van der Waals surface area contributed by atoms with Crippen LogP contribution < -0.4 is 0 Å². The van der Waals surface area contributed by atoms with Crippen LogP contribution in [0.5, 0.6) is 0 Å². The van der Waals surface area contributed by atoms with Crippen molar-refractivity contribution in [2.75, 3.05) is 0 Å². The summed E-state index contributed by atoms with van der Waals surface area (Å²) in [6.45, 7) is 0. The molecule has 0 saturated carbocycles. The molecule has 1 atom stereocenters. The molecular weight excluding hydrogens is 536 g/mol. The highest BCUT2D eigenvalue weighted by molar-refractivity contribution is 9.10. The first-order valence-corrected chi connectivity index (χ1v) is 14.2. The van der Waals surface area contributed by atoms with E-state index in [1.54, 1.807) is 0 Å². The second-order valence-electron chi connectivity index (χ2n) is 9.94. The maximum absolute atomic E-state index is 3.54. The van der Waals surface area contributed by atoms with E-state index in [9.17, 15) is 0 Å². The highest BCUT2D eigenvalue weighted by atomic mass is 79.9. The van der Waals surface area contributed by atoms with Crippen molar-refractivity contribution in [3.05, 3.63) is 179 Å². The Kier molecular flexibility index (Phi) is 7.52. The van der Waals surface area contributed by atoms with E-state index in [4.69, 9.17) is 0 Å². The molecule has 0 aromatic heterocycles. The number of rotatable bonds is 7. The molecule has 39 heavy (non-hydrogen) atoms. The van der Waals surface area contributed by atoms with E-state index < -0.39 is 0 Å². The molecule has 0 saturated heterocycles. The van der Waals surface area contributed by atoms with Gasteiger partial charge in [-0.2, -0.15) is 0 Å². The summed E-state index contributed by atoms with van der Waals surface area (Å²) in [5.74, 6) is 0.261. The van der Waals surface area contributed by atoms with Gasteiger partial charge < -0.3 is 0 Å². The molecule has 0 aliphatic rings. The molecule has 0 aliphatic carbocycles. The minimum atomic E-state index is 0.261. The topological polar surface area (TPSA) is 0 Å². The molecule has 1 heteroatoms. The Bertz CT molecular complexity index is 1620. The van der Waals surface area contributed by atoms with Crippen LogP contribution in [-0.2, 0) is 6.42 Å². The Morgan fingerprint density at radius 3 is 1.10 bits per heavy atom. The summed E-state index contributed by atoms with van der Waals surface area (Å²) in [6.07, 6.45) is 0.942. The predicted molar refractivity (Wildman–Crippen MR) is 169 cm³/mol. The van der Waals surface area contributed by atoms with E-state index in [0.717, 1.165) is 10.9 Å². The van der Waals surface area contributed by atoms with Gasteiger partial charge in [-0.25, -0.2) is 0 Å². The molecule has 0 radical (unpaired) electrons. The van der Waals surface area contributed by atoms with Crippen molar-refractivity contribution >= 4 is 15.9 Å². The third-order valence-electron chi connectivity index (χ3n) is 7.41. The standard InChI is InChI=1S/C38H29Br/c39-37-25-23-34(24-26-37)33-17-21-36(22-18-33)38(35-19-15-32(16-20-35)30-9-5-2-6-10-30)27-28-11-13-31(14-12-28)29-7-3-1-4-8-29/h1-26,38H,27H2/t38-/m0/s1. The van der Waals surface area contributed by atoms with Crippen LogP contribution in [0.1, 0.15) is 22.6 Å². The van der Waals surface area contributed by atoms with Crippen molar-refractivity contribution in [3.63, 3.8) is 0 Å². The second-order valence-corrected chi connectivity index (χ2v) is 10.9. The SMILES string of the molecule is Brc1ccc(-c2ccc([C@@H](Cc3ccc(-c4ccccc4)cc3)c3ccc(-c4ccccc4)cc3)cc2)cc1. The number of hydrogen-bond donors (Lipinski definition) is 0. The summed E-state index contributed by atoms with van der Waals surface area (Å²) in [6, 6.07) is 57.0. The Balaban J connectivity index is 1.32. The lowest BCUT2D eigenvalue weighted by Gasteiger charge is -2.20. The molecule has 0 bridgehead atoms. The summed E-state index contributed by atoms with van der Waals surface area (Å²) in [5, 5.41) is 0. The number of benzene rings is 6. The van der Waals surface area contributed by atoms with Gasteiger partial charge >= 0.3 is 0 Å². The lowest BCUT2D eigenvalue weighted by molar-refractivity contribution is 0.805. The van der Waals surface area contributed by atoms with Crippen LogP contribution in [0.2, 0.25) is 0 Å². The summed E-state index contributed by atoms with van der Waals surface area (Å²) < 4.78 is 1.10. The van der Waals surface area contributed by atoms with Crippen molar-refractivity contribution in [1.29, 1.82) is 0 Å². The van der Waals surface area contributed by atoms with Crippen LogP contribution in [0.4, 0.5) is 0 Å². The molecule has 0 fully saturated rings. The number of hydrogen-bond acceptors (Lipinski definition) is 0. The molecule has 0 unspecified atom stereocenters. The summed E-state index contributed by atoms with van der Waals surface area (Å²) in [5.41, 5.74) is 11.5. The molecular formula is C38H29Br. The quantitative estimate of drug-likeness (QED) is 0.181. The van der Waals surface area contributed by atoms with Crippen molar-refractivity contribution in [2.45, 2.75) is 12.3 Å². The minimum absolute atomic E-state index is 0.261. The van der Waals surface area contributed by atoms with Crippen molar-refractivity contribution in [3.8, 4) is 33.4 Å². The first kappa shape index (κ1) is 25.1. The monoisotopic (exact) mass is 564 g/mol. The van der Waals surface area contributed by atoms with Gasteiger partial charge in [0.25, 0.3) is 0 Å². The first-order valence-electron chi connectivity index (χ1n) is 13.4. The van der Waals surface area contributed by atoms with Gasteiger partial charge in [-0.05, 0) is 68.6 Å². The van der Waals surface area contributed by atoms with E-state index in [2.05, 4.69) is 174 Å². The van der Waals surface area contributed by atoms with E-state index in [1.165, 1.54) is 50.1 Å². The maximum Gasteiger partial charge on any atom is 0.0175 e. The zero-order valence-electron chi connectivity index (χ0n) is 21.7. The van der Waals surface area contributed by atoms with Crippen LogP contribution in [0.3, 0.4) is 0 Å². The normalized spacial score (nSPS) is 11.7. The molecule has 6 aromatic carbocycles. The van der Waals surface area contributed by atoms with Gasteiger partial charge in [0.15, 0.2) is 0 Å². The van der Waals surface area contributed by atoms with Gasteiger partial charge in [0.2, 0.25) is 0 Å². The molecule has 6 rings (SSSR count). The third kappa shape index (κ3) is 5.95. The molecule has 6 aromatic rings. The molecule has 188 valence electrons. The number of halogens is 1. The largest absolute Gasteiger partial charge is 0.0622 e. The average Bonchev–Trinajstić information content (AvgIpc) is 3.02. The van der Waals surface area contributed by atoms with Crippen LogP contribution in [-0.4, -0.2) is 0 Å². The molecule has 0 nitrogen and oxygen atoms in total. The maximum atomic E-state index is 3.54. The third-order valence-corrected chi connectivity index (χ3v) is 7.94. The Hall–Kier alpha value is -4.20. The van der Waals surface area contributed by atoms with Gasteiger partial charge in [-0.15, -0.1) is 0 Å². The lowest BCUT2D eigenvalue weighted by Crippen LogP contribution is -2.05. The van der Waals surface area contributed by atoms with E-state index >= 15 is 0 Å². The summed E-state index contributed by atoms with van der Waals surface area (Å²) in [4.78, 5) is 0. The first-order chi connectivity index (χ1) is 19.2. The lowest BCUT2D eigenvalue weighted by atomic mass is 9.84. The van der Waals surface area contributed by atoms with Crippen molar-refractivity contribution in [2.24, 2.45) is 0 Å². The fourth-order valence-electron chi connectivity index (χ4n) is 5.22. The fourth-order valence-corrected chi connectivity index (χ4v) is 5.48. The van der Waals surface area contributed by atoms with E-state index in [-0.39, 0.29) is 5.92 Å². The van der Waals surface area contributed by atoms with Gasteiger partial charge in [-0.3, -0.25) is 0 Å². The van der Waals surface area contributed by atoms with Crippen LogP contribution >= 0.6 is 15.9 Å². The zero-order valence-corrected chi connectivity index (χ0v) is 23.3. The Morgan fingerprint density at radius 1 is 0.359 bits per heavy atom. The zero-order chi connectivity index (χ0) is 26.4. The summed E-state index contributed by atoms with van der Waals surface area (Å²) in [7, 11) is 0. The molecule has 0 N–H and O–H groups in total. The van der Waals surface area contributed by atoms with Crippen molar-refractivity contribution in [1.82, 2.24) is 0 Å². The fraction of sp³-hybridized carbons (Fsp3) is 0.0526. The minimum Gasteiger partial charge on any atom is -0.0622 e. The molecule has 0 heterocycles. The van der Waals surface area contributed by atoms with Gasteiger partial charge in [0, 0.05) is 10.4 Å². The summed E-state index contributed by atoms with van der Waals surface area (Å²) >= 11 is 3.54. The smallest absolute Gasteiger partial charge is 0.0175 e. The van der Waals surface area contributed by atoms with E-state index in [0.29, 0.717) is 0 Å². The Labute approximate surface area is 239 Å². The molecule has 0 amide bonds. The molecule has 0 spiro atoms. The highest BCUT2D eigenvalue weighted by Gasteiger charge is 2.16. The van der Waals surface area contributed by atoms with Gasteiger partial charge in [0.1, 0.15) is 0 Å². The van der Waals surface area contributed by atoms with Gasteiger partial charge in [-0.1, -0.05) is 162 Å². The van der Waals surface area contributed by atoms with Crippen LogP contribution in [0.25, 0.3) is 33.4 Å². The predicted octanol–water partition coefficient (Wildman–Crippen LogP) is 10.8. The van der Waals surface area contributed by atoms with Gasteiger partial charge in [0.05, 0.1) is 0 Å². The average molecular weight is 566 g/mol. The van der Waals surface area contributed by atoms with Crippen LogP contribution in [0, 0.1) is 0 Å². The second kappa shape index (κ2) is 11.7. The highest BCUT2D eigenvalue weighted by Crippen LogP contribution is 2.33. The Morgan fingerprint density at radius 2 is 0.692 bits per heavy atom.